The highest BCUT2D eigenvalue weighted by atomic mass is 32.2. The Morgan fingerprint density at radius 3 is 2.36 bits per heavy atom. The zero-order valence-electron chi connectivity index (χ0n) is 14.2. The molecule has 0 aliphatic carbocycles. The van der Waals surface area contributed by atoms with E-state index in [0.717, 1.165) is 16.1 Å². The van der Waals surface area contributed by atoms with Gasteiger partial charge in [-0.15, -0.1) is 13.2 Å². The normalized spacial score (nSPS) is 12.2. The summed E-state index contributed by atoms with van der Waals surface area (Å²) in [6, 6.07) is 12.1. The molecule has 0 atom stereocenters. The number of nitrogens with zero attached hydrogens (tertiary/aromatic N) is 1. The van der Waals surface area contributed by atoms with Gasteiger partial charge in [0.15, 0.2) is 0 Å². The second-order valence-corrected chi connectivity index (χ2v) is 7.67. The molecule has 0 amide bonds. The lowest BCUT2D eigenvalue weighted by atomic mass is 10.2. The molecule has 2 aromatic carbocycles. The molecule has 28 heavy (non-hydrogen) atoms. The van der Waals surface area contributed by atoms with Gasteiger partial charge in [0.05, 0.1) is 16.8 Å². The van der Waals surface area contributed by atoms with Crippen LogP contribution in [-0.2, 0) is 21.2 Å². The van der Waals surface area contributed by atoms with Crippen molar-refractivity contribution in [3.05, 3.63) is 60.3 Å². The van der Waals surface area contributed by atoms with Crippen LogP contribution in [0.25, 0.3) is 10.9 Å². The second kappa shape index (κ2) is 7.19. The molecule has 0 spiro atoms. The van der Waals surface area contributed by atoms with Gasteiger partial charge in [0.1, 0.15) is 5.75 Å². The Morgan fingerprint density at radius 2 is 1.75 bits per heavy atom. The number of carbonyl (C=O) groups is 1. The molecule has 0 saturated heterocycles. The van der Waals surface area contributed by atoms with Crippen molar-refractivity contribution < 1.29 is 36.2 Å². The van der Waals surface area contributed by atoms with Crippen LogP contribution < -0.4 is 4.74 Å². The molecule has 0 bridgehead atoms. The first-order valence-corrected chi connectivity index (χ1v) is 9.44. The predicted octanol–water partition coefficient (Wildman–Crippen LogP) is 3.79. The Labute approximate surface area is 157 Å². The molecule has 0 radical (unpaired) electrons. The third kappa shape index (κ3) is 4.11. The molecule has 0 aliphatic rings. The number of hydrogen-bond donors (Lipinski definition) is 1. The van der Waals surface area contributed by atoms with Gasteiger partial charge >= 0.3 is 12.3 Å². The fourth-order valence-electron chi connectivity index (χ4n) is 2.81. The Bertz CT molecular complexity index is 1120. The number of benzene rings is 2. The van der Waals surface area contributed by atoms with Gasteiger partial charge in [-0.1, -0.05) is 18.2 Å². The second-order valence-electron chi connectivity index (χ2n) is 5.88. The molecule has 0 unspecified atom stereocenters. The fourth-order valence-corrected chi connectivity index (χ4v) is 4.40. The van der Waals surface area contributed by atoms with Gasteiger partial charge in [-0.25, -0.2) is 12.4 Å². The summed E-state index contributed by atoms with van der Waals surface area (Å²) >= 11 is 0. The Kier molecular flexibility index (Phi) is 5.07. The molecule has 6 nitrogen and oxygen atoms in total. The number of halogens is 3. The van der Waals surface area contributed by atoms with Crippen molar-refractivity contribution in [3.8, 4) is 5.75 Å². The molecule has 148 valence electrons. The van der Waals surface area contributed by atoms with E-state index in [9.17, 15) is 26.4 Å². The molecule has 3 aromatic rings. The van der Waals surface area contributed by atoms with Gasteiger partial charge in [-0.3, -0.25) is 4.79 Å². The first-order chi connectivity index (χ1) is 13.1. The number of rotatable bonds is 6. The van der Waals surface area contributed by atoms with Crippen LogP contribution in [0, 0.1) is 0 Å². The van der Waals surface area contributed by atoms with Crippen molar-refractivity contribution in [1.29, 1.82) is 0 Å². The third-order valence-electron chi connectivity index (χ3n) is 3.91. The van der Waals surface area contributed by atoms with E-state index in [2.05, 4.69) is 4.74 Å². The monoisotopic (exact) mass is 413 g/mol. The minimum atomic E-state index is -4.89. The number of carboxylic acid groups (broad SMARTS) is 1. The summed E-state index contributed by atoms with van der Waals surface area (Å²) < 4.78 is 68.4. The maximum absolute atomic E-state index is 13.1. The van der Waals surface area contributed by atoms with Crippen LogP contribution in [0.4, 0.5) is 13.2 Å². The third-order valence-corrected chi connectivity index (χ3v) is 5.69. The lowest BCUT2D eigenvalue weighted by molar-refractivity contribution is -0.274. The lowest BCUT2D eigenvalue weighted by Crippen LogP contribution is -2.17. The SMILES string of the molecule is O=C(O)CCc1cc2cc(OC(F)(F)F)ccc2n1S(=O)(=O)c1ccccc1. The first kappa shape index (κ1) is 19.7. The predicted molar refractivity (Wildman–Crippen MR) is 93.6 cm³/mol. The average Bonchev–Trinajstić information content (AvgIpc) is 2.97. The van der Waals surface area contributed by atoms with E-state index < -0.39 is 28.1 Å². The smallest absolute Gasteiger partial charge is 0.481 e. The maximum Gasteiger partial charge on any atom is 0.573 e. The van der Waals surface area contributed by atoms with Gasteiger partial charge in [0.25, 0.3) is 10.0 Å². The van der Waals surface area contributed by atoms with Gasteiger partial charge in [-0.05, 0) is 42.8 Å². The van der Waals surface area contributed by atoms with Crippen molar-refractivity contribution in [2.24, 2.45) is 0 Å². The van der Waals surface area contributed by atoms with Crippen LogP contribution in [0.5, 0.6) is 5.75 Å². The summed E-state index contributed by atoms with van der Waals surface area (Å²) in [5, 5.41) is 9.11. The summed E-state index contributed by atoms with van der Waals surface area (Å²) in [5.74, 6) is -1.63. The molecule has 0 saturated carbocycles. The molecule has 0 fully saturated rings. The van der Waals surface area contributed by atoms with Crippen LogP contribution in [0.2, 0.25) is 0 Å². The van der Waals surface area contributed by atoms with Gasteiger partial charge in [0, 0.05) is 11.1 Å². The number of ether oxygens (including phenoxy) is 1. The quantitative estimate of drug-likeness (QED) is 0.665. The number of aliphatic carboxylic acids is 1. The van der Waals surface area contributed by atoms with Gasteiger partial charge in [0.2, 0.25) is 0 Å². The standard InChI is InChI=1S/C18H14F3NO5S/c19-18(20,21)27-14-7-8-16-12(11-14)10-13(6-9-17(23)24)22(16)28(25,26)15-4-2-1-3-5-15/h1-5,7-8,10-11H,6,9H2,(H,23,24). The van der Waals surface area contributed by atoms with Crippen molar-refractivity contribution >= 4 is 26.9 Å². The number of carboxylic acids is 1. The van der Waals surface area contributed by atoms with Gasteiger partial charge in [-0.2, -0.15) is 0 Å². The zero-order chi connectivity index (χ0) is 20.5. The summed E-state index contributed by atoms with van der Waals surface area (Å²) in [5.41, 5.74) is 0.268. The number of aromatic nitrogens is 1. The van der Waals surface area contributed by atoms with Crippen molar-refractivity contribution in [1.82, 2.24) is 3.97 Å². The Hall–Kier alpha value is -3.01. The van der Waals surface area contributed by atoms with Crippen molar-refractivity contribution in [2.45, 2.75) is 24.1 Å². The molecule has 1 aromatic heterocycles. The van der Waals surface area contributed by atoms with Crippen LogP contribution in [0.3, 0.4) is 0 Å². The van der Waals surface area contributed by atoms with E-state index >= 15 is 0 Å². The van der Waals surface area contributed by atoms with Crippen molar-refractivity contribution in [2.75, 3.05) is 0 Å². The number of aryl methyl sites for hydroxylation is 1. The summed E-state index contributed by atoms with van der Waals surface area (Å²) in [7, 11) is -4.09. The number of fused-ring (bicyclic) bond motifs is 1. The lowest BCUT2D eigenvalue weighted by Gasteiger charge is -2.12. The van der Waals surface area contributed by atoms with E-state index in [4.69, 9.17) is 5.11 Å². The van der Waals surface area contributed by atoms with E-state index in [1.165, 1.54) is 36.4 Å². The van der Waals surface area contributed by atoms with Crippen LogP contribution >= 0.6 is 0 Å². The van der Waals surface area contributed by atoms with E-state index in [1.54, 1.807) is 6.07 Å². The highest BCUT2D eigenvalue weighted by Gasteiger charge is 2.31. The Morgan fingerprint density at radius 1 is 1.07 bits per heavy atom. The molecular formula is C18H14F3NO5S. The van der Waals surface area contributed by atoms with Crippen LogP contribution in [0.15, 0.2) is 59.5 Å². The highest BCUT2D eigenvalue weighted by Crippen LogP contribution is 2.31. The summed E-state index contributed by atoms with van der Waals surface area (Å²) in [6.45, 7) is 0. The average molecular weight is 413 g/mol. The maximum atomic E-state index is 13.1. The number of alkyl halides is 3. The minimum Gasteiger partial charge on any atom is -0.481 e. The molecule has 10 heteroatoms. The summed E-state index contributed by atoms with van der Waals surface area (Å²) in [6.07, 6.45) is -5.35. The molecule has 1 heterocycles. The molecular weight excluding hydrogens is 399 g/mol. The van der Waals surface area contributed by atoms with Crippen LogP contribution in [0.1, 0.15) is 12.1 Å². The molecule has 0 aliphatic heterocycles. The Balaban J connectivity index is 2.18. The topological polar surface area (TPSA) is 85.6 Å². The largest absolute Gasteiger partial charge is 0.573 e. The molecule has 3 rings (SSSR count). The number of hydrogen-bond acceptors (Lipinski definition) is 4. The minimum absolute atomic E-state index is 0.0281. The van der Waals surface area contributed by atoms with Gasteiger partial charge < -0.3 is 9.84 Å². The highest BCUT2D eigenvalue weighted by molar-refractivity contribution is 7.90. The molecule has 1 N–H and O–H groups in total. The van der Waals surface area contributed by atoms with E-state index in [-0.39, 0.29) is 34.3 Å². The summed E-state index contributed by atoms with van der Waals surface area (Å²) in [4.78, 5) is 10.9. The van der Waals surface area contributed by atoms with E-state index in [1.807, 2.05) is 0 Å². The first-order valence-electron chi connectivity index (χ1n) is 8.00. The van der Waals surface area contributed by atoms with Crippen LogP contribution in [-0.4, -0.2) is 29.8 Å². The van der Waals surface area contributed by atoms with E-state index in [0.29, 0.717) is 0 Å². The fraction of sp³-hybridized carbons (Fsp3) is 0.167. The van der Waals surface area contributed by atoms with Crippen molar-refractivity contribution in [3.63, 3.8) is 0 Å². The zero-order valence-corrected chi connectivity index (χ0v) is 15.0.